The molecule has 1 fully saturated rings. The first-order chi connectivity index (χ1) is 13.7. The number of guanidine groups is 1. The van der Waals surface area contributed by atoms with Gasteiger partial charge in [-0.1, -0.05) is 6.07 Å². The first-order valence-corrected chi connectivity index (χ1v) is 9.96. The third kappa shape index (κ3) is 5.45. The predicted octanol–water partition coefficient (Wildman–Crippen LogP) is 1.40. The van der Waals surface area contributed by atoms with Gasteiger partial charge in [-0.05, 0) is 25.8 Å². The molecule has 0 aliphatic carbocycles. The molecular weight excluding hydrogens is 356 g/mol. The Morgan fingerprint density at radius 1 is 1.39 bits per heavy atom. The van der Waals surface area contributed by atoms with E-state index in [9.17, 15) is 4.79 Å². The summed E-state index contributed by atoms with van der Waals surface area (Å²) in [5.41, 5.74) is 1.14. The molecule has 152 valence electrons. The molecule has 0 radical (unpaired) electrons. The summed E-state index contributed by atoms with van der Waals surface area (Å²) >= 11 is 0. The van der Waals surface area contributed by atoms with E-state index in [4.69, 9.17) is 9.73 Å². The number of morpholine rings is 1. The molecule has 1 atom stereocenters. The van der Waals surface area contributed by atoms with Gasteiger partial charge >= 0.3 is 0 Å². The van der Waals surface area contributed by atoms with Gasteiger partial charge in [-0.15, -0.1) is 0 Å². The van der Waals surface area contributed by atoms with Crippen molar-refractivity contribution in [2.45, 2.75) is 32.4 Å². The van der Waals surface area contributed by atoms with E-state index in [1.807, 2.05) is 31.7 Å². The van der Waals surface area contributed by atoms with Crippen LogP contribution in [-0.4, -0.2) is 58.0 Å². The van der Waals surface area contributed by atoms with Crippen LogP contribution in [0.25, 0.3) is 0 Å². The van der Waals surface area contributed by atoms with E-state index < -0.39 is 0 Å². The third-order valence-corrected chi connectivity index (χ3v) is 4.77. The summed E-state index contributed by atoms with van der Waals surface area (Å²) in [5, 5.41) is 7.64. The lowest BCUT2D eigenvalue weighted by Gasteiger charge is -2.34. The van der Waals surface area contributed by atoms with Crippen LogP contribution in [0.5, 0.6) is 0 Å². The fourth-order valence-electron chi connectivity index (χ4n) is 3.30. The maximum atomic E-state index is 11.7. The number of aromatic nitrogens is 3. The number of hydrogen-bond acceptors (Lipinski definition) is 4. The summed E-state index contributed by atoms with van der Waals surface area (Å²) in [7, 11) is 1.92. The summed E-state index contributed by atoms with van der Waals surface area (Å²) in [5.74, 6) is 0.927. The van der Waals surface area contributed by atoms with Crippen LogP contribution < -0.4 is 10.9 Å². The van der Waals surface area contributed by atoms with E-state index in [-0.39, 0.29) is 11.7 Å². The summed E-state index contributed by atoms with van der Waals surface area (Å²) in [6.45, 7) is 6.62. The van der Waals surface area contributed by atoms with Crippen molar-refractivity contribution in [2.75, 3.05) is 32.8 Å². The van der Waals surface area contributed by atoms with Gasteiger partial charge in [0, 0.05) is 57.3 Å². The van der Waals surface area contributed by atoms with Crippen LogP contribution in [0.1, 0.15) is 31.4 Å². The monoisotopic (exact) mass is 386 g/mol. The lowest BCUT2D eigenvalue weighted by atomic mass is 10.1. The van der Waals surface area contributed by atoms with E-state index >= 15 is 0 Å². The molecule has 28 heavy (non-hydrogen) atoms. The summed E-state index contributed by atoms with van der Waals surface area (Å²) in [6.07, 6.45) is 7.58. The van der Waals surface area contributed by atoms with Crippen molar-refractivity contribution in [3.05, 3.63) is 52.7 Å². The minimum absolute atomic E-state index is 0.0104. The average molecular weight is 387 g/mol. The Morgan fingerprint density at radius 2 is 2.29 bits per heavy atom. The normalized spacial score (nSPS) is 17.7. The highest BCUT2D eigenvalue weighted by Crippen LogP contribution is 2.21. The first kappa shape index (κ1) is 20.1. The molecule has 0 amide bonds. The molecule has 1 aliphatic heterocycles. The number of hydrogen-bond donors (Lipinski definition) is 1. The standard InChI is InChI=1S/C20H30N6O2/c1-3-21-20(22-9-5-7-11-25-10-6-4-8-19(25)27)26-12-13-28-18(16-26)17-14-23-24(2)15-17/h4,6,8,10,14-15,18H,3,5,7,9,11-13,16H2,1-2H3,(H,21,22). The predicted molar refractivity (Wildman–Crippen MR) is 109 cm³/mol. The molecule has 0 saturated carbocycles. The average Bonchev–Trinajstić information content (AvgIpc) is 3.15. The Hall–Kier alpha value is -2.61. The van der Waals surface area contributed by atoms with Gasteiger partial charge in [-0.2, -0.15) is 5.10 Å². The molecule has 2 aromatic rings. The third-order valence-electron chi connectivity index (χ3n) is 4.77. The topological polar surface area (TPSA) is 76.7 Å². The molecule has 1 unspecified atom stereocenters. The molecule has 1 saturated heterocycles. The number of aliphatic imine (C=N–C) groups is 1. The van der Waals surface area contributed by atoms with Crippen LogP contribution in [0.15, 0.2) is 46.6 Å². The molecule has 8 heteroatoms. The van der Waals surface area contributed by atoms with Crippen molar-refractivity contribution in [2.24, 2.45) is 12.0 Å². The zero-order chi connectivity index (χ0) is 19.8. The fraction of sp³-hybridized carbons (Fsp3) is 0.550. The Bertz CT molecular complexity index is 828. The van der Waals surface area contributed by atoms with Gasteiger partial charge < -0.3 is 19.5 Å². The Labute approximate surface area is 165 Å². The molecule has 3 heterocycles. The molecule has 3 rings (SSSR count). The molecule has 0 aromatic carbocycles. The van der Waals surface area contributed by atoms with E-state index in [0.29, 0.717) is 6.61 Å². The number of aryl methyl sites for hydroxylation is 2. The van der Waals surface area contributed by atoms with Gasteiger partial charge in [0.25, 0.3) is 0 Å². The number of pyridine rings is 1. The minimum Gasteiger partial charge on any atom is -0.370 e. The van der Waals surface area contributed by atoms with Crippen LogP contribution in [0.3, 0.4) is 0 Å². The lowest BCUT2D eigenvalue weighted by molar-refractivity contribution is -0.00804. The van der Waals surface area contributed by atoms with Crippen molar-refractivity contribution in [1.29, 1.82) is 0 Å². The highest BCUT2D eigenvalue weighted by molar-refractivity contribution is 5.80. The quantitative estimate of drug-likeness (QED) is 0.442. The molecule has 2 aromatic heterocycles. The van der Waals surface area contributed by atoms with E-state index in [0.717, 1.165) is 57.1 Å². The van der Waals surface area contributed by atoms with Crippen LogP contribution >= 0.6 is 0 Å². The number of nitrogens with one attached hydrogen (secondary N) is 1. The second-order valence-corrected chi connectivity index (χ2v) is 6.93. The molecule has 1 N–H and O–H groups in total. The van der Waals surface area contributed by atoms with Gasteiger partial charge in [-0.3, -0.25) is 14.5 Å². The van der Waals surface area contributed by atoms with Crippen LogP contribution in [-0.2, 0) is 18.3 Å². The first-order valence-electron chi connectivity index (χ1n) is 9.96. The maximum Gasteiger partial charge on any atom is 0.250 e. The lowest BCUT2D eigenvalue weighted by Crippen LogP contribution is -2.48. The summed E-state index contributed by atoms with van der Waals surface area (Å²) < 4.78 is 9.47. The number of rotatable bonds is 7. The van der Waals surface area contributed by atoms with Crippen molar-refractivity contribution in [3.8, 4) is 0 Å². The summed E-state index contributed by atoms with van der Waals surface area (Å²) in [6, 6.07) is 5.26. The zero-order valence-corrected chi connectivity index (χ0v) is 16.8. The molecule has 0 spiro atoms. The Kier molecular flexibility index (Phi) is 7.25. The highest BCUT2D eigenvalue weighted by Gasteiger charge is 2.25. The van der Waals surface area contributed by atoms with Gasteiger partial charge in [0.2, 0.25) is 5.56 Å². The Morgan fingerprint density at radius 3 is 3.04 bits per heavy atom. The van der Waals surface area contributed by atoms with Gasteiger partial charge in [0.1, 0.15) is 6.10 Å². The van der Waals surface area contributed by atoms with E-state index in [1.54, 1.807) is 21.4 Å². The SMILES string of the molecule is CCNC(=NCCCCn1ccccc1=O)N1CCOC(c2cnn(C)c2)C1. The number of ether oxygens (including phenoxy) is 1. The molecule has 0 bridgehead atoms. The fourth-order valence-corrected chi connectivity index (χ4v) is 3.30. The second-order valence-electron chi connectivity index (χ2n) is 6.93. The van der Waals surface area contributed by atoms with Crippen molar-refractivity contribution < 1.29 is 4.74 Å². The van der Waals surface area contributed by atoms with E-state index in [2.05, 4.69) is 22.2 Å². The van der Waals surface area contributed by atoms with Crippen molar-refractivity contribution >= 4 is 5.96 Å². The van der Waals surface area contributed by atoms with Crippen LogP contribution in [0, 0.1) is 0 Å². The molecule has 8 nitrogen and oxygen atoms in total. The molecule has 1 aliphatic rings. The summed E-state index contributed by atoms with van der Waals surface area (Å²) in [4.78, 5) is 18.8. The van der Waals surface area contributed by atoms with Crippen molar-refractivity contribution in [3.63, 3.8) is 0 Å². The van der Waals surface area contributed by atoms with Crippen molar-refractivity contribution in [1.82, 2.24) is 24.6 Å². The second kappa shape index (κ2) is 10.1. The highest BCUT2D eigenvalue weighted by atomic mass is 16.5. The van der Waals surface area contributed by atoms with Gasteiger partial charge in [0.15, 0.2) is 5.96 Å². The smallest absolute Gasteiger partial charge is 0.250 e. The van der Waals surface area contributed by atoms with Gasteiger partial charge in [-0.25, -0.2) is 0 Å². The minimum atomic E-state index is 0.0104. The number of nitrogens with zero attached hydrogens (tertiary/aromatic N) is 5. The molecular formula is C20H30N6O2. The van der Waals surface area contributed by atoms with Gasteiger partial charge in [0.05, 0.1) is 19.3 Å². The maximum absolute atomic E-state index is 11.7. The largest absolute Gasteiger partial charge is 0.370 e. The zero-order valence-electron chi connectivity index (χ0n) is 16.8. The number of unbranched alkanes of at least 4 members (excludes halogenated alkanes) is 1. The van der Waals surface area contributed by atoms with Crippen LogP contribution in [0.2, 0.25) is 0 Å². The Balaban J connectivity index is 1.53. The van der Waals surface area contributed by atoms with E-state index in [1.165, 1.54) is 0 Å². The van der Waals surface area contributed by atoms with Crippen LogP contribution in [0.4, 0.5) is 0 Å².